The van der Waals surface area contributed by atoms with E-state index in [0.717, 1.165) is 37.6 Å². The zero-order chi connectivity index (χ0) is 20.1. The molecule has 3 aromatic carbocycles. The lowest BCUT2D eigenvalue weighted by molar-refractivity contribution is 0.102. The largest absolute Gasteiger partial charge is 0.497 e. The molecule has 1 heterocycles. The first-order chi connectivity index (χ1) is 14.2. The first-order valence-electron chi connectivity index (χ1n) is 9.83. The number of carbonyl (C=O) groups is 1. The second kappa shape index (κ2) is 8.69. The van der Waals surface area contributed by atoms with E-state index < -0.39 is 0 Å². The summed E-state index contributed by atoms with van der Waals surface area (Å²) in [5, 5.41) is 2.95. The number of nitrogens with zero attached hydrogens (tertiary/aromatic N) is 2. The highest BCUT2D eigenvalue weighted by Crippen LogP contribution is 2.24. The van der Waals surface area contributed by atoms with Crippen LogP contribution in [0, 0.1) is 0 Å². The number of piperazine rings is 1. The fraction of sp³-hybridized carbons (Fsp3) is 0.208. The Hall–Kier alpha value is -3.47. The monoisotopic (exact) mass is 387 g/mol. The van der Waals surface area contributed by atoms with E-state index >= 15 is 0 Å². The predicted octanol–water partition coefficient (Wildman–Crippen LogP) is 4.27. The second-order valence-corrected chi connectivity index (χ2v) is 7.04. The second-order valence-electron chi connectivity index (χ2n) is 7.04. The molecule has 1 aliphatic rings. The summed E-state index contributed by atoms with van der Waals surface area (Å²) in [4.78, 5) is 17.0. The highest BCUT2D eigenvalue weighted by Gasteiger charge is 2.17. The standard InChI is InChI=1S/C24H25N3O2/c1-29-23-13-11-22(12-14-23)27-17-15-26(16-18-27)21-9-7-20(8-10-21)25-24(28)19-5-3-2-4-6-19/h2-14H,15-18H2,1H3,(H,25,28). The quantitative estimate of drug-likeness (QED) is 0.710. The number of anilines is 3. The average molecular weight is 387 g/mol. The summed E-state index contributed by atoms with van der Waals surface area (Å²) in [5.74, 6) is 0.790. The first kappa shape index (κ1) is 18.9. The number of hydrogen-bond donors (Lipinski definition) is 1. The molecule has 5 heteroatoms. The van der Waals surface area contributed by atoms with Crippen LogP contribution in [0.2, 0.25) is 0 Å². The van der Waals surface area contributed by atoms with Crippen molar-refractivity contribution >= 4 is 23.0 Å². The van der Waals surface area contributed by atoms with E-state index in [0.29, 0.717) is 5.56 Å². The van der Waals surface area contributed by atoms with Crippen LogP contribution in [0.15, 0.2) is 78.9 Å². The summed E-state index contributed by atoms with van der Waals surface area (Å²) in [5.41, 5.74) is 3.87. The van der Waals surface area contributed by atoms with Crippen molar-refractivity contribution in [1.82, 2.24) is 0 Å². The first-order valence-corrected chi connectivity index (χ1v) is 9.83. The molecule has 0 unspecified atom stereocenters. The van der Waals surface area contributed by atoms with Crippen molar-refractivity contribution in [3.63, 3.8) is 0 Å². The van der Waals surface area contributed by atoms with Crippen LogP contribution in [0.25, 0.3) is 0 Å². The SMILES string of the molecule is COc1ccc(N2CCN(c3ccc(NC(=O)c4ccccc4)cc3)CC2)cc1. The van der Waals surface area contributed by atoms with Crippen molar-refractivity contribution in [2.24, 2.45) is 0 Å². The highest BCUT2D eigenvalue weighted by atomic mass is 16.5. The van der Waals surface area contributed by atoms with Crippen LogP contribution in [0.4, 0.5) is 17.1 Å². The van der Waals surface area contributed by atoms with Crippen molar-refractivity contribution in [3.05, 3.63) is 84.4 Å². The number of nitrogens with one attached hydrogen (secondary N) is 1. The Labute approximate surface area is 171 Å². The molecule has 29 heavy (non-hydrogen) atoms. The molecule has 1 N–H and O–H groups in total. The molecule has 4 rings (SSSR count). The van der Waals surface area contributed by atoms with Gasteiger partial charge < -0.3 is 19.9 Å². The molecule has 1 amide bonds. The van der Waals surface area contributed by atoms with E-state index in [9.17, 15) is 4.79 Å². The van der Waals surface area contributed by atoms with Crippen molar-refractivity contribution in [2.45, 2.75) is 0 Å². The Morgan fingerprint density at radius 3 is 1.79 bits per heavy atom. The van der Waals surface area contributed by atoms with Crippen LogP contribution in [0.5, 0.6) is 5.75 Å². The molecule has 1 saturated heterocycles. The number of carbonyl (C=O) groups excluding carboxylic acids is 1. The van der Waals surface area contributed by atoms with Gasteiger partial charge in [0.05, 0.1) is 7.11 Å². The summed E-state index contributed by atoms with van der Waals surface area (Å²) in [7, 11) is 1.69. The highest BCUT2D eigenvalue weighted by molar-refractivity contribution is 6.04. The molecule has 1 aliphatic heterocycles. The van der Waals surface area contributed by atoms with Gasteiger partial charge >= 0.3 is 0 Å². The van der Waals surface area contributed by atoms with Crippen LogP contribution in [-0.2, 0) is 0 Å². The number of amides is 1. The Bertz CT molecular complexity index is 932. The lowest BCUT2D eigenvalue weighted by Gasteiger charge is -2.37. The van der Waals surface area contributed by atoms with E-state index in [-0.39, 0.29) is 5.91 Å². The molecule has 0 spiro atoms. The van der Waals surface area contributed by atoms with Gasteiger partial charge in [0, 0.05) is 48.8 Å². The number of ether oxygens (including phenoxy) is 1. The van der Waals surface area contributed by atoms with Gasteiger partial charge in [-0.05, 0) is 60.7 Å². The minimum absolute atomic E-state index is 0.0912. The third-order valence-corrected chi connectivity index (χ3v) is 5.24. The number of rotatable bonds is 5. The Morgan fingerprint density at radius 2 is 1.28 bits per heavy atom. The van der Waals surface area contributed by atoms with Gasteiger partial charge in [-0.15, -0.1) is 0 Å². The van der Waals surface area contributed by atoms with Crippen LogP contribution in [0.1, 0.15) is 10.4 Å². The molecule has 148 valence electrons. The lowest BCUT2D eigenvalue weighted by atomic mass is 10.2. The van der Waals surface area contributed by atoms with Gasteiger partial charge in [-0.3, -0.25) is 4.79 Å². The van der Waals surface area contributed by atoms with E-state index in [4.69, 9.17) is 4.74 Å². The van der Waals surface area contributed by atoms with Crippen LogP contribution in [-0.4, -0.2) is 39.2 Å². The summed E-state index contributed by atoms with van der Waals surface area (Å²) < 4.78 is 5.24. The smallest absolute Gasteiger partial charge is 0.255 e. The number of benzene rings is 3. The molecule has 0 aliphatic carbocycles. The van der Waals surface area contributed by atoms with Gasteiger partial charge in [0.25, 0.3) is 5.91 Å². The minimum atomic E-state index is -0.0912. The maximum atomic E-state index is 12.3. The fourth-order valence-electron chi connectivity index (χ4n) is 3.56. The van der Waals surface area contributed by atoms with Gasteiger partial charge in [-0.1, -0.05) is 18.2 Å². The maximum absolute atomic E-state index is 12.3. The van der Waals surface area contributed by atoms with Gasteiger partial charge in [-0.2, -0.15) is 0 Å². The van der Waals surface area contributed by atoms with Crippen molar-refractivity contribution < 1.29 is 9.53 Å². The minimum Gasteiger partial charge on any atom is -0.497 e. The van der Waals surface area contributed by atoms with E-state index in [1.165, 1.54) is 11.4 Å². The maximum Gasteiger partial charge on any atom is 0.255 e. The number of hydrogen-bond acceptors (Lipinski definition) is 4. The molecular formula is C24H25N3O2. The van der Waals surface area contributed by atoms with E-state index in [1.54, 1.807) is 7.11 Å². The Morgan fingerprint density at radius 1 is 0.759 bits per heavy atom. The predicted molar refractivity (Wildman–Crippen MR) is 118 cm³/mol. The van der Waals surface area contributed by atoms with Gasteiger partial charge in [-0.25, -0.2) is 0 Å². The molecule has 0 aromatic heterocycles. The molecular weight excluding hydrogens is 362 g/mol. The molecule has 0 bridgehead atoms. The lowest BCUT2D eigenvalue weighted by Crippen LogP contribution is -2.46. The third kappa shape index (κ3) is 4.51. The molecule has 0 radical (unpaired) electrons. The molecule has 3 aromatic rings. The Balaban J connectivity index is 1.33. The zero-order valence-corrected chi connectivity index (χ0v) is 16.5. The van der Waals surface area contributed by atoms with Crippen LogP contribution >= 0.6 is 0 Å². The third-order valence-electron chi connectivity index (χ3n) is 5.24. The van der Waals surface area contributed by atoms with Crippen molar-refractivity contribution in [3.8, 4) is 5.75 Å². The zero-order valence-electron chi connectivity index (χ0n) is 16.5. The summed E-state index contributed by atoms with van der Waals surface area (Å²) in [6, 6.07) is 25.6. The average Bonchev–Trinajstić information content (AvgIpc) is 2.80. The van der Waals surface area contributed by atoms with E-state index in [2.05, 4.69) is 39.4 Å². The van der Waals surface area contributed by atoms with Gasteiger partial charge in [0.2, 0.25) is 0 Å². The summed E-state index contributed by atoms with van der Waals surface area (Å²) in [6.45, 7) is 3.86. The summed E-state index contributed by atoms with van der Waals surface area (Å²) in [6.07, 6.45) is 0. The van der Waals surface area contributed by atoms with Crippen LogP contribution < -0.4 is 19.9 Å². The Kier molecular flexibility index (Phi) is 5.66. The molecule has 1 fully saturated rings. The molecule has 0 atom stereocenters. The fourth-order valence-corrected chi connectivity index (χ4v) is 3.56. The van der Waals surface area contributed by atoms with E-state index in [1.807, 2.05) is 54.6 Å². The number of methoxy groups -OCH3 is 1. The van der Waals surface area contributed by atoms with Gasteiger partial charge in [0.1, 0.15) is 5.75 Å². The normalized spacial score (nSPS) is 13.8. The van der Waals surface area contributed by atoms with Crippen molar-refractivity contribution in [2.75, 3.05) is 48.4 Å². The van der Waals surface area contributed by atoms with Gasteiger partial charge in [0.15, 0.2) is 0 Å². The molecule has 5 nitrogen and oxygen atoms in total. The van der Waals surface area contributed by atoms with Crippen molar-refractivity contribution in [1.29, 1.82) is 0 Å². The topological polar surface area (TPSA) is 44.8 Å². The van der Waals surface area contributed by atoms with Crippen LogP contribution in [0.3, 0.4) is 0 Å². The summed E-state index contributed by atoms with van der Waals surface area (Å²) >= 11 is 0. The molecule has 0 saturated carbocycles.